The predicted molar refractivity (Wildman–Crippen MR) is 95.5 cm³/mol. The minimum absolute atomic E-state index is 0.221. The normalized spacial score (nSPS) is 13.2. The Morgan fingerprint density at radius 3 is 2.08 bits per heavy atom. The average molecular weight is 343 g/mol. The van der Waals surface area contributed by atoms with Crippen LogP contribution in [0.5, 0.6) is 0 Å². The highest BCUT2D eigenvalue weighted by atomic mass is 16.5. The van der Waals surface area contributed by atoms with Crippen molar-refractivity contribution in [2.45, 2.75) is 0 Å². The molecule has 1 N–H and O–H groups in total. The summed E-state index contributed by atoms with van der Waals surface area (Å²) in [7, 11) is 0. The van der Waals surface area contributed by atoms with Gasteiger partial charge in [-0.25, -0.2) is 0 Å². The zero-order valence-corrected chi connectivity index (χ0v) is 13.5. The monoisotopic (exact) mass is 343 g/mol. The third kappa shape index (κ3) is 2.53. The van der Waals surface area contributed by atoms with Gasteiger partial charge in [0.05, 0.1) is 10.8 Å². The van der Waals surface area contributed by atoms with E-state index in [1.165, 1.54) is 0 Å². The number of fused-ring (bicyclic) bond motifs is 2. The number of para-hydroxylation sites is 1. The molecule has 0 saturated heterocycles. The molecule has 0 fully saturated rings. The van der Waals surface area contributed by atoms with Crippen LogP contribution in [0.2, 0.25) is 0 Å². The van der Waals surface area contributed by atoms with Crippen molar-refractivity contribution in [1.82, 2.24) is 0 Å². The minimum Gasteiger partial charge on any atom is -0.691 e. The summed E-state index contributed by atoms with van der Waals surface area (Å²) in [4.78, 5) is 26.0. The van der Waals surface area contributed by atoms with Crippen molar-refractivity contribution >= 4 is 22.9 Å². The quantitative estimate of drug-likeness (QED) is 0.345. The Bertz CT molecular complexity index is 1060. The highest BCUT2D eigenvalue weighted by molar-refractivity contribution is 6.30. The van der Waals surface area contributed by atoms with Crippen molar-refractivity contribution in [2.24, 2.45) is 5.22 Å². The van der Waals surface area contributed by atoms with Crippen molar-refractivity contribution in [2.75, 3.05) is 5.43 Å². The molecular weight excluding hydrogens is 330 g/mol. The summed E-state index contributed by atoms with van der Waals surface area (Å²) >= 11 is 0. The maximum atomic E-state index is 12.9. The predicted octanol–water partition coefficient (Wildman–Crippen LogP) is 4.08. The van der Waals surface area contributed by atoms with E-state index in [9.17, 15) is 14.8 Å². The average Bonchev–Trinajstić information content (AvgIpc) is 2.70. The molecule has 6 heteroatoms. The maximum absolute atomic E-state index is 12.9. The van der Waals surface area contributed by atoms with Crippen LogP contribution in [0.25, 0.3) is 0 Å². The smallest absolute Gasteiger partial charge is 0.198 e. The third-order valence-electron chi connectivity index (χ3n) is 4.19. The number of hydrogen-bond acceptors (Lipinski definition) is 4. The number of ketones is 2. The van der Waals surface area contributed by atoms with Gasteiger partial charge >= 0.3 is 0 Å². The lowest BCUT2D eigenvalue weighted by molar-refractivity contribution is -0.439. The number of nitrogens with one attached hydrogen (secondary N) is 1. The number of carbonyl (C=O) groups excluding carboxylic acids is 2. The van der Waals surface area contributed by atoms with Crippen LogP contribution in [0.1, 0.15) is 31.8 Å². The molecule has 3 aromatic carbocycles. The fraction of sp³-hybridized carbons (Fsp3) is 0. The Morgan fingerprint density at radius 1 is 0.731 bits per heavy atom. The molecule has 26 heavy (non-hydrogen) atoms. The molecule has 3 aromatic rings. The van der Waals surface area contributed by atoms with Crippen LogP contribution in [0.3, 0.4) is 0 Å². The van der Waals surface area contributed by atoms with E-state index in [4.69, 9.17) is 0 Å². The molecule has 0 amide bonds. The molecule has 4 rings (SSSR count). The van der Waals surface area contributed by atoms with Gasteiger partial charge in [-0.1, -0.05) is 48.5 Å². The highest BCUT2D eigenvalue weighted by Crippen LogP contribution is 2.32. The summed E-state index contributed by atoms with van der Waals surface area (Å²) in [5.74, 6) is -0.494. The lowest BCUT2D eigenvalue weighted by atomic mass is 9.83. The second-order valence-corrected chi connectivity index (χ2v) is 5.75. The number of anilines is 1. The number of hydrogen-bond donors (Lipinski definition) is 1. The van der Waals surface area contributed by atoms with Crippen molar-refractivity contribution < 1.29 is 14.4 Å². The van der Waals surface area contributed by atoms with Crippen LogP contribution in [-0.4, -0.2) is 16.4 Å². The second kappa shape index (κ2) is 6.25. The van der Waals surface area contributed by atoms with E-state index in [2.05, 4.69) is 10.6 Å². The van der Waals surface area contributed by atoms with E-state index in [-0.39, 0.29) is 17.1 Å². The Labute approximate surface area is 149 Å². The molecular formula is C20H13N3O3. The molecule has 0 radical (unpaired) electrons. The van der Waals surface area contributed by atoms with Crippen LogP contribution < -0.4 is 5.43 Å². The fourth-order valence-electron chi connectivity index (χ4n) is 2.95. The van der Waals surface area contributed by atoms with Gasteiger partial charge in [-0.15, -0.1) is 10.3 Å². The zero-order valence-electron chi connectivity index (χ0n) is 13.5. The molecule has 1 aliphatic rings. The van der Waals surface area contributed by atoms with Crippen molar-refractivity contribution in [3.05, 3.63) is 100 Å². The maximum Gasteiger partial charge on any atom is 0.198 e. The van der Waals surface area contributed by atoms with E-state index >= 15 is 0 Å². The van der Waals surface area contributed by atoms with Crippen molar-refractivity contribution in [3.8, 4) is 0 Å². The Morgan fingerprint density at radius 2 is 1.35 bits per heavy atom. The second-order valence-electron chi connectivity index (χ2n) is 5.75. The first-order chi connectivity index (χ1) is 12.7. The van der Waals surface area contributed by atoms with Gasteiger partial charge in [0, 0.05) is 16.7 Å². The summed E-state index contributed by atoms with van der Waals surface area (Å²) < 4.78 is 0. The van der Waals surface area contributed by atoms with E-state index in [1.54, 1.807) is 72.8 Å². The Kier molecular flexibility index (Phi) is 3.78. The Hall–Kier alpha value is -3.80. The minimum atomic E-state index is -0.273. The van der Waals surface area contributed by atoms with Gasteiger partial charge in [-0.2, -0.15) is 0 Å². The summed E-state index contributed by atoms with van der Waals surface area (Å²) in [5, 5.41) is 15.8. The number of nitrogens with zero attached hydrogens (tertiary/aromatic N) is 2. The van der Waals surface area contributed by atoms with Gasteiger partial charge in [0.2, 0.25) is 0 Å². The number of carbonyl (C=O) groups is 2. The summed E-state index contributed by atoms with van der Waals surface area (Å²) in [6, 6.07) is 20.0. The number of benzene rings is 3. The molecule has 0 heterocycles. The summed E-state index contributed by atoms with van der Waals surface area (Å²) in [6.45, 7) is 0. The highest BCUT2D eigenvalue weighted by Gasteiger charge is 2.32. The molecule has 0 atom stereocenters. The van der Waals surface area contributed by atoms with Crippen LogP contribution in [0.15, 0.2) is 78.0 Å². The van der Waals surface area contributed by atoms with Crippen molar-refractivity contribution in [3.63, 3.8) is 0 Å². The van der Waals surface area contributed by atoms with Crippen LogP contribution in [0, 0.1) is 5.21 Å². The van der Waals surface area contributed by atoms with Gasteiger partial charge in [0.1, 0.15) is 0 Å². The van der Waals surface area contributed by atoms with Gasteiger partial charge < -0.3 is 5.21 Å². The van der Waals surface area contributed by atoms with Crippen LogP contribution in [0.4, 0.5) is 11.4 Å². The lowest BCUT2D eigenvalue weighted by Gasteiger charge is -2.18. The molecule has 0 aliphatic heterocycles. The number of rotatable bonds is 3. The standard InChI is InChI=1S/C20H13N3O3/c24-19-14-9-4-5-10-15(14)20(25)18-16(19)11-6-12-17(18)21-22-23(26)13-7-2-1-3-8-13/h1-12,21H/b23-22-. The first-order valence-electron chi connectivity index (χ1n) is 7.97. The topological polar surface area (TPSA) is 84.6 Å². The first kappa shape index (κ1) is 15.7. The van der Waals surface area contributed by atoms with Crippen molar-refractivity contribution in [1.29, 1.82) is 0 Å². The van der Waals surface area contributed by atoms with Gasteiger partial charge in [0.15, 0.2) is 22.9 Å². The van der Waals surface area contributed by atoms with E-state index in [0.29, 0.717) is 32.9 Å². The first-order valence-corrected chi connectivity index (χ1v) is 7.97. The lowest BCUT2D eigenvalue weighted by Crippen LogP contribution is -2.22. The summed E-state index contributed by atoms with van der Waals surface area (Å²) in [5.41, 5.74) is 4.53. The molecule has 126 valence electrons. The third-order valence-corrected chi connectivity index (χ3v) is 4.19. The van der Waals surface area contributed by atoms with Crippen LogP contribution >= 0.6 is 0 Å². The molecule has 0 spiro atoms. The SMILES string of the molecule is O=C1c2ccccc2C(=O)c2c(N/N=[N+](\[O-])c3ccccc3)cccc21. The molecule has 6 nitrogen and oxygen atoms in total. The van der Waals surface area contributed by atoms with Crippen LogP contribution in [-0.2, 0) is 0 Å². The Balaban J connectivity index is 1.74. The molecule has 1 aliphatic carbocycles. The van der Waals surface area contributed by atoms with E-state index < -0.39 is 0 Å². The van der Waals surface area contributed by atoms with Gasteiger partial charge in [0.25, 0.3) is 0 Å². The summed E-state index contributed by atoms with van der Waals surface area (Å²) in [6.07, 6.45) is 0. The van der Waals surface area contributed by atoms with E-state index in [0.717, 1.165) is 0 Å². The molecule has 0 aromatic heterocycles. The molecule has 0 unspecified atom stereocenters. The molecule has 0 saturated carbocycles. The largest absolute Gasteiger partial charge is 0.691 e. The van der Waals surface area contributed by atoms with E-state index in [1.807, 2.05) is 0 Å². The van der Waals surface area contributed by atoms with Gasteiger partial charge in [-0.3, -0.25) is 9.59 Å². The zero-order chi connectivity index (χ0) is 18.1. The molecule has 0 bridgehead atoms. The van der Waals surface area contributed by atoms with Gasteiger partial charge in [-0.05, 0) is 24.3 Å². The fourth-order valence-corrected chi connectivity index (χ4v) is 2.95.